The molecule has 0 fully saturated rings. The molecule has 2 aromatic rings. The first-order chi connectivity index (χ1) is 9.87. The summed E-state index contributed by atoms with van der Waals surface area (Å²) in [6, 6.07) is 4.48. The van der Waals surface area contributed by atoms with Crippen LogP contribution >= 0.6 is 22.9 Å². The van der Waals surface area contributed by atoms with Gasteiger partial charge in [-0.3, -0.25) is 4.79 Å². The molecule has 0 saturated heterocycles. The Bertz CT molecular complexity index is 649. The van der Waals surface area contributed by atoms with E-state index in [0.717, 1.165) is 0 Å². The number of esters is 1. The number of hydrogen-bond donors (Lipinski definition) is 0. The van der Waals surface area contributed by atoms with Gasteiger partial charge in [-0.1, -0.05) is 17.7 Å². The third kappa shape index (κ3) is 3.09. The van der Waals surface area contributed by atoms with Crippen LogP contribution in [0.2, 0.25) is 5.02 Å². The number of carbonyl (C=O) groups is 1. The summed E-state index contributed by atoms with van der Waals surface area (Å²) in [6.45, 7) is 5.51. The van der Waals surface area contributed by atoms with Gasteiger partial charge in [-0.15, -0.1) is 11.3 Å². The number of ether oxygens (including phenoxy) is 1. The molecule has 0 aliphatic rings. The van der Waals surface area contributed by atoms with Gasteiger partial charge in [-0.25, -0.2) is 9.37 Å². The van der Waals surface area contributed by atoms with Gasteiger partial charge in [-0.05, 0) is 32.9 Å². The molecule has 1 heterocycles. The second-order valence-electron chi connectivity index (χ2n) is 4.98. The molecular weight excluding hydrogens is 313 g/mol. The molecule has 0 bridgehead atoms. The molecule has 0 atom stereocenters. The average Bonchev–Trinajstić information content (AvgIpc) is 2.89. The molecular formula is C15H15ClFNO2S. The predicted molar refractivity (Wildman–Crippen MR) is 82.2 cm³/mol. The van der Waals surface area contributed by atoms with Crippen molar-refractivity contribution in [2.75, 3.05) is 6.61 Å². The second-order valence-corrected chi connectivity index (χ2v) is 6.25. The Kier molecular flexibility index (Phi) is 4.64. The molecule has 0 spiro atoms. The zero-order valence-corrected chi connectivity index (χ0v) is 13.5. The van der Waals surface area contributed by atoms with E-state index in [1.54, 1.807) is 32.2 Å². The van der Waals surface area contributed by atoms with Gasteiger partial charge in [0.2, 0.25) is 0 Å². The highest BCUT2D eigenvalue weighted by Gasteiger charge is 2.34. The SMILES string of the molecule is CCOC(=O)C(C)(C)c1csc(-c2c(F)cccc2Cl)n1. The molecule has 2 rings (SSSR count). The third-order valence-corrected chi connectivity index (χ3v) is 4.28. The van der Waals surface area contributed by atoms with Gasteiger partial charge in [0.25, 0.3) is 0 Å². The van der Waals surface area contributed by atoms with Crippen molar-refractivity contribution in [1.29, 1.82) is 0 Å². The maximum atomic E-state index is 13.9. The fraction of sp³-hybridized carbons (Fsp3) is 0.333. The van der Waals surface area contributed by atoms with E-state index in [0.29, 0.717) is 22.3 Å². The maximum Gasteiger partial charge on any atom is 0.317 e. The lowest BCUT2D eigenvalue weighted by Crippen LogP contribution is -2.31. The van der Waals surface area contributed by atoms with Crippen LogP contribution in [-0.2, 0) is 14.9 Å². The van der Waals surface area contributed by atoms with Crippen LogP contribution in [-0.4, -0.2) is 17.6 Å². The molecule has 0 radical (unpaired) electrons. The summed E-state index contributed by atoms with van der Waals surface area (Å²) in [7, 11) is 0. The van der Waals surface area contributed by atoms with Crippen LogP contribution in [0.3, 0.4) is 0 Å². The number of carbonyl (C=O) groups excluding carboxylic acids is 1. The van der Waals surface area contributed by atoms with Crippen molar-refractivity contribution in [2.24, 2.45) is 0 Å². The Morgan fingerprint density at radius 3 is 2.81 bits per heavy atom. The quantitative estimate of drug-likeness (QED) is 0.779. The minimum absolute atomic E-state index is 0.259. The molecule has 0 unspecified atom stereocenters. The van der Waals surface area contributed by atoms with Crippen molar-refractivity contribution in [3.8, 4) is 10.6 Å². The largest absolute Gasteiger partial charge is 0.465 e. The van der Waals surface area contributed by atoms with E-state index in [4.69, 9.17) is 16.3 Å². The molecule has 0 aliphatic heterocycles. The maximum absolute atomic E-state index is 13.9. The van der Waals surface area contributed by atoms with Crippen LogP contribution in [0.1, 0.15) is 26.5 Å². The Labute approximate surface area is 131 Å². The fourth-order valence-electron chi connectivity index (χ4n) is 1.79. The Morgan fingerprint density at radius 2 is 2.19 bits per heavy atom. The summed E-state index contributed by atoms with van der Waals surface area (Å²) < 4.78 is 19.0. The van der Waals surface area contributed by atoms with Crippen molar-refractivity contribution in [2.45, 2.75) is 26.2 Å². The van der Waals surface area contributed by atoms with Crippen molar-refractivity contribution in [3.63, 3.8) is 0 Å². The first-order valence-electron chi connectivity index (χ1n) is 6.45. The van der Waals surface area contributed by atoms with Gasteiger partial charge in [0.1, 0.15) is 16.2 Å². The van der Waals surface area contributed by atoms with E-state index in [2.05, 4.69) is 4.98 Å². The summed E-state index contributed by atoms with van der Waals surface area (Å²) in [5.41, 5.74) is -0.0852. The number of hydrogen-bond acceptors (Lipinski definition) is 4. The number of aromatic nitrogens is 1. The number of benzene rings is 1. The van der Waals surface area contributed by atoms with E-state index < -0.39 is 11.2 Å². The molecule has 0 N–H and O–H groups in total. The van der Waals surface area contributed by atoms with Crippen LogP contribution in [0.4, 0.5) is 4.39 Å². The van der Waals surface area contributed by atoms with Gasteiger partial charge in [-0.2, -0.15) is 0 Å². The van der Waals surface area contributed by atoms with E-state index in [9.17, 15) is 9.18 Å². The topological polar surface area (TPSA) is 39.2 Å². The molecule has 21 heavy (non-hydrogen) atoms. The molecule has 112 valence electrons. The highest BCUT2D eigenvalue weighted by molar-refractivity contribution is 7.13. The fourth-order valence-corrected chi connectivity index (χ4v) is 3.15. The van der Waals surface area contributed by atoms with Gasteiger partial charge in [0.15, 0.2) is 0 Å². The molecule has 0 aliphatic carbocycles. The highest BCUT2D eigenvalue weighted by atomic mass is 35.5. The monoisotopic (exact) mass is 327 g/mol. The summed E-state index contributed by atoms with van der Waals surface area (Å²) >= 11 is 7.28. The van der Waals surface area contributed by atoms with E-state index in [1.165, 1.54) is 23.5 Å². The molecule has 0 saturated carbocycles. The van der Waals surface area contributed by atoms with Crippen molar-refractivity contribution >= 4 is 28.9 Å². The van der Waals surface area contributed by atoms with Crippen LogP contribution in [0.15, 0.2) is 23.6 Å². The van der Waals surface area contributed by atoms with Gasteiger partial charge < -0.3 is 4.74 Å². The normalized spacial score (nSPS) is 11.5. The third-order valence-electron chi connectivity index (χ3n) is 3.11. The first kappa shape index (κ1) is 15.9. The number of nitrogens with zero attached hydrogens (tertiary/aromatic N) is 1. The van der Waals surface area contributed by atoms with Crippen molar-refractivity contribution in [3.05, 3.63) is 40.1 Å². The second kappa shape index (κ2) is 6.12. The Hall–Kier alpha value is -1.46. The molecule has 1 aromatic carbocycles. The minimum atomic E-state index is -0.886. The zero-order chi connectivity index (χ0) is 15.6. The number of thiazole rings is 1. The van der Waals surface area contributed by atoms with Gasteiger partial charge in [0, 0.05) is 5.38 Å². The number of rotatable bonds is 4. The summed E-state index contributed by atoms with van der Waals surface area (Å²) in [4.78, 5) is 16.4. The van der Waals surface area contributed by atoms with E-state index in [-0.39, 0.29) is 11.5 Å². The van der Waals surface area contributed by atoms with E-state index >= 15 is 0 Å². The predicted octanol–water partition coefficient (Wildman–Crippen LogP) is 4.44. The van der Waals surface area contributed by atoms with Crippen LogP contribution in [0.5, 0.6) is 0 Å². The molecule has 1 aromatic heterocycles. The van der Waals surface area contributed by atoms with Gasteiger partial charge in [0.05, 0.1) is 22.9 Å². The number of halogens is 2. The lowest BCUT2D eigenvalue weighted by Gasteiger charge is -2.19. The summed E-state index contributed by atoms with van der Waals surface area (Å²) in [5, 5.41) is 2.48. The van der Waals surface area contributed by atoms with Crippen molar-refractivity contribution in [1.82, 2.24) is 4.98 Å². The Balaban J connectivity index is 2.41. The lowest BCUT2D eigenvalue weighted by molar-refractivity contribution is -0.148. The summed E-state index contributed by atoms with van der Waals surface area (Å²) in [5.74, 6) is -0.793. The van der Waals surface area contributed by atoms with Crippen molar-refractivity contribution < 1.29 is 13.9 Å². The minimum Gasteiger partial charge on any atom is -0.465 e. The standard InChI is InChI=1S/C15H15ClFNO2S/c1-4-20-14(19)15(2,3)11-8-21-13(18-11)12-9(16)6-5-7-10(12)17/h5-8H,4H2,1-3H3. The highest BCUT2D eigenvalue weighted by Crippen LogP contribution is 2.35. The molecule has 6 heteroatoms. The van der Waals surface area contributed by atoms with Gasteiger partial charge >= 0.3 is 5.97 Å². The average molecular weight is 328 g/mol. The zero-order valence-electron chi connectivity index (χ0n) is 11.9. The molecule has 0 amide bonds. The first-order valence-corrected chi connectivity index (χ1v) is 7.71. The van der Waals surface area contributed by atoms with Crippen LogP contribution < -0.4 is 0 Å². The summed E-state index contributed by atoms with van der Waals surface area (Å²) in [6.07, 6.45) is 0. The van der Waals surface area contributed by atoms with Crippen LogP contribution in [0, 0.1) is 5.82 Å². The van der Waals surface area contributed by atoms with Crippen LogP contribution in [0.25, 0.3) is 10.6 Å². The van der Waals surface area contributed by atoms with E-state index in [1.807, 2.05) is 0 Å². The Morgan fingerprint density at radius 1 is 1.48 bits per heavy atom. The molecule has 3 nitrogen and oxygen atoms in total. The smallest absolute Gasteiger partial charge is 0.317 e. The lowest BCUT2D eigenvalue weighted by atomic mass is 9.90.